The zero-order valence-electron chi connectivity index (χ0n) is 12.7. The summed E-state index contributed by atoms with van der Waals surface area (Å²) in [5.74, 6) is 1.74. The van der Waals surface area contributed by atoms with Crippen molar-refractivity contribution in [2.75, 3.05) is 0 Å². The average Bonchev–Trinajstić information content (AvgIpc) is 2.89. The van der Waals surface area contributed by atoms with Gasteiger partial charge in [-0.2, -0.15) is 0 Å². The first-order valence-corrected chi connectivity index (χ1v) is 7.81. The highest BCUT2D eigenvalue weighted by Crippen LogP contribution is 2.26. The highest BCUT2D eigenvalue weighted by Gasteiger charge is 2.09. The molecule has 0 unspecified atom stereocenters. The summed E-state index contributed by atoms with van der Waals surface area (Å²) in [6.45, 7) is 0.413. The molecule has 0 amide bonds. The Balaban J connectivity index is 1.67. The second-order valence-electron chi connectivity index (χ2n) is 5.49. The van der Waals surface area contributed by atoms with Crippen molar-refractivity contribution in [2.24, 2.45) is 7.05 Å². The van der Waals surface area contributed by atoms with Gasteiger partial charge < -0.3 is 9.30 Å². The van der Waals surface area contributed by atoms with Crippen LogP contribution in [-0.4, -0.2) is 9.55 Å². The van der Waals surface area contributed by atoms with Gasteiger partial charge in [-0.05, 0) is 29.7 Å². The van der Waals surface area contributed by atoms with Crippen molar-refractivity contribution in [1.82, 2.24) is 9.55 Å². The van der Waals surface area contributed by atoms with Crippen molar-refractivity contribution in [3.63, 3.8) is 0 Å². The van der Waals surface area contributed by atoms with Gasteiger partial charge in [0.15, 0.2) is 0 Å². The molecule has 0 spiro atoms. The first kappa shape index (κ1) is 14.1. The molecule has 1 aromatic heterocycles. The molecule has 0 saturated carbocycles. The maximum atomic E-state index is 6.07. The predicted octanol–water partition coefficient (Wildman–Crippen LogP) is 4.96. The number of hydrogen-bond acceptors (Lipinski definition) is 2. The number of aromatic nitrogens is 2. The number of aryl methyl sites for hydroxylation is 1. The number of imidazole rings is 1. The highest BCUT2D eigenvalue weighted by atomic mass is 35.5. The zero-order chi connectivity index (χ0) is 15.8. The lowest BCUT2D eigenvalue weighted by molar-refractivity contribution is 0.296. The molecule has 0 aliphatic rings. The third kappa shape index (κ3) is 2.53. The SMILES string of the molecule is Cn1c(COc2cccc3ccccc23)nc2ccc(Cl)cc21. The van der Waals surface area contributed by atoms with Gasteiger partial charge >= 0.3 is 0 Å². The summed E-state index contributed by atoms with van der Waals surface area (Å²) in [6.07, 6.45) is 0. The molecule has 4 rings (SSSR count). The van der Waals surface area contributed by atoms with Gasteiger partial charge in [0, 0.05) is 17.5 Å². The maximum absolute atomic E-state index is 6.07. The van der Waals surface area contributed by atoms with Crippen LogP contribution in [0, 0.1) is 0 Å². The normalized spacial score (nSPS) is 11.2. The Hall–Kier alpha value is -2.52. The average molecular weight is 323 g/mol. The highest BCUT2D eigenvalue weighted by molar-refractivity contribution is 6.31. The van der Waals surface area contributed by atoms with Crippen LogP contribution >= 0.6 is 11.6 Å². The number of benzene rings is 3. The Morgan fingerprint density at radius 1 is 1.04 bits per heavy atom. The predicted molar refractivity (Wildman–Crippen MR) is 94.0 cm³/mol. The molecule has 0 N–H and O–H groups in total. The van der Waals surface area contributed by atoms with Crippen molar-refractivity contribution >= 4 is 33.4 Å². The third-order valence-corrected chi connectivity index (χ3v) is 4.28. The van der Waals surface area contributed by atoms with Gasteiger partial charge in [0.25, 0.3) is 0 Å². The van der Waals surface area contributed by atoms with Crippen molar-refractivity contribution in [2.45, 2.75) is 6.61 Å². The molecule has 0 aliphatic heterocycles. The van der Waals surface area contributed by atoms with Crippen molar-refractivity contribution in [3.05, 3.63) is 71.5 Å². The monoisotopic (exact) mass is 322 g/mol. The molecule has 0 aliphatic carbocycles. The smallest absolute Gasteiger partial charge is 0.147 e. The summed E-state index contributed by atoms with van der Waals surface area (Å²) in [4.78, 5) is 4.63. The number of halogens is 1. The van der Waals surface area contributed by atoms with Crippen LogP contribution < -0.4 is 4.74 Å². The summed E-state index contributed by atoms with van der Waals surface area (Å²) in [5.41, 5.74) is 1.93. The zero-order valence-corrected chi connectivity index (χ0v) is 13.4. The van der Waals surface area contributed by atoms with Crippen LogP contribution in [0.25, 0.3) is 21.8 Å². The molecule has 0 atom stereocenters. The van der Waals surface area contributed by atoms with E-state index in [0.29, 0.717) is 11.6 Å². The van der Waals surface area contributed by atoms with E-state index in [1.54, 1.807) is 0 Å². The molecule has 23 heavy (non-hydrogen) atoms. The summed E-state index contributed by atoms with van der Waals surface area (Å²) < 4.78 is 8.05. The number of fused-ring (bicyclic) bond motifs is 2. The van der Waals surface area contributed by atoms with Gasteiger partial charge in [-0.1, -0.05) is 48.0 Å². The fraction of sp³-hybridized carbons (Fsp3) is 0.105. The molecule has 1 heterocycles. The first-order chi connectivity index (χ1) is 11.2. The molecule has 0 radical (unpaired) electrons. The van der Waals surface area contributed by atoms with Gasteiger partial charge in [-0.25, -0.2) is 4.98 Å². The molecular formula is C19H15ClN2O. The fourth-order valence-corrected chi connectivity index (χ4v) is 2.97. The van der Waals surface area contributed by atoms with Gasteiger partial charge in [0.1, 0.15) is 18.2 Å². The summed E-state index contributed by atoms with van der Waals surface area (Å²) in [7, 11) is 1.98. The molecule has 3 nitrogen and oxygen atoms in total. The van der Waals surface area contributed by atoms with E-state index in [1.165, 1.54) is 5.39 Å². The lowest BCUT2D eigenvalue weighted by Gasteiger charge is -2.09. The Morgan fingerprint density at radius 2 is 1.87 bits per heavy atom. The minimum Gasteiger partial charge on any atom is -0.485 e. The molecule has 0 bridgehead atoms. The first-order valence-electron chi connectivity index (χ1n) is 7.44. The van der Waals surface area contributed by atoms with Gasteiger partial charge in [0.2, 0.25) is 0 Å². The fourth-order valence-electron chi connectivity index (χ4n) is 2.81. The van der Waals surface area contributed by atoms with Crippen molar-refractivity contribution in [1.29, 1.82) is 0 Å². The van der Waals surface area contributed by atoms with E-state index in [1.807, 2.05) is 54.1 Å². The number of ether oxygens (including phenoxy) is 1. The van der Waals surface area contributed by atoms with E-state index in [9.17, 15) is 0 Å². The molecule has 3 aromatic carbocycles. The minimum atomic E-state index is 0.413. The van der Waals surface area contributed by atoms with Crippen molar-refractivity contribution < 1.29 is 4.74 Å². The number of nitrogens with zero attached hydrogens (tertiary/aromatic N) is 2. The van der Waals surface area contributed by atoms with Crippen LogP contribution in [0.3, 0.4) is 0 Å². The van der Waals surface area contributed by atoms with E-state index in [4.69, 9.17) is 16.3 Å². The van der Waals surface area contributed by atoms with Crippen LogP contribution in [-0.2, 0) is 13.7 Å². The second kappa shape index (κ2) is 5.60. The maximum Gasteiger partial charge on any atom is 0.147 e. The number of hydrogen-bond donors (Lipinski definition) is 0. The Bertz CT molecular complexity index is 1000. The van der Waals surface area contributed by atoms with Crippen LogP contribution in [0.1, 0.15) is 5.82 Å². The lowest BCUT2D eigenvalue weighted by atomic mass is 10.1. The largest absolute Gasteiger partial charge is 0.485 e. The van der Waals surface area contributed by atoms with Gasteiger partial charge in [-0.3, -0.25) is 0 Å². The van der Waals surface area contributed by atoms with E-state index in [2.05, 4.69) is 23.2 Å². The molecular weight excluding hydrogens is 308 g/mol. The Kier molecular flexibility index (Phi) is 3.43. The van der Waals surface area contributed by atoms with E-state index in [-0.39, 0.29) is 0 Å². The topological polar surface area (TPSA) is 27.1 Å². The van der Waals surface area contributed by atoms with Crippen LogP contribution in [0.4, 0.5) is 0 Å². The molecule has 0 fully saturated rings. The standard InChI is InChI=1S/C19H15ClN2O/c1-22-17-11-14(20)9-10-16(17)21-19(22)12-23-18-8-4-6-13-5-2-3-7-15(13)18/h2-11H,12H2,1H3. The number of rotatable bonds is 3. The van der Waals surface area contributed by atoms with Crippen molar-refractivity contribution in [3.8, 4) is 5.75 Å². The quantitative estimate of drug-likeness (QED) is 0.533. The van der Waals surface area contributed by atoms with Crippen LogP contribution in [0.2, 0.25) is 5.02 Å². The Labute approximate surface area is 139 Å². The summed E-state index contributed by atoms with van der Waals surface area (Å²) >= 11 is 6.07. The van der Waals surface area contributed by atoms with E-state index < -0.39 is 0 Å². The minimum absolute atomic E-state index is 0.413. The van der Waals surface area contributed by atoms with Gasteiger partial charge in [0.05, 0.1) is 11.0 Å². The Morgan fingerprint density at radius 3 is 2.78 bits per heavy atom. The van der Waals surface area contributed by atoms with Gasteiger partial charge in [-0.15, -0.1) is 0 Å². The van der Waals surface area contributed by atoms with Crippen LogP contribution in [0.15, 0.2) is 60.7 Å². The third-order valence-electron chi connectivity index (χ3n) is 4.04. The molecule has 4 aromatic rings. The summed E-state index contributed by atoms with van der Waals surface area (Å²) in [5, 5.41) is 2.99. The van der Waals surface area contributed by atoms with E-state index >= 15 is 0 Å². The molecule has 0 saturated heterocycles. The molecule has 4 heteroatoms. The van der Waals surface area contributed by atoms with Crippen LogP contribution in [0.5, 0.6) is 5.75 Å². The lowest BCUT2D eigenvalue weighted by Crippen LogP contribution is -2.03. The second-order valence-corrected chi connectivity index (χ2v) is 5.92. The molecule has 114 valence electrons. The van der Waals surface area contributed by atoms with E-state index in [0.717, 1.165) is 28.0 Å². The summed E-state index contributed by atoms with van der Waals surface area (Å²) in [6, 6.07) is 20.0.